The lowest BCUT2D eigenvalue weighted by Crippen LogP contribution is -2.47. The van der Waals surface area contributed by atoms with Crippen LogP contribution >= 0.6 is 28.3 Å². The van der Waals surface area contributed by atoms with Gasteiger partial charge in [-0.1, -0.05) is 0 Å². The van der Waals surface area contributed by atoms with Crippen LogP contribution in [0.4, 0.5) is 0 Å². The molecular weight excluding hydrogens is 374 g/mol. The van der Waals surface area contributed by atoms with Crippen molar-refractivity contribution >= 4 is 34.2 Å². The van der Waals surface area contributed by atoms with Gasteiger partial charge in [0.1, 0.15) is 5.75 Å². The number of aryl methyl sites for hydroxylation is 1. The van der Waals surface area contributed by atoms with E-state index in [1.54, 1.807) is 13.2 Å². The molecule has 1 aromatic rings. The second kappa shape index (κ2) is 7.99. The van der Waals surface area contributed by atoms with Gasteiger partial charge in [0, 0.05) is 32.3 Å². The first-order valence-corrected chi connectivity index (χ1v) is 7.75. The molecule has 2 N–H and O–H groups in total. The average Bonchev–Trinajstić information content (AvgIpc) is 2.44. The van der Waals surface area contributed by atoms with Gasteiger partial charge in [-0.2, -0.15) is 0 Å². The lowest BCUT2D eigenvalue weighted by molar-refractivity contribution is -0.132. The molecule has 2 rings (SSSR count). The van der Waals surface area contributed by atoms with Crippen molar-refractivity contribution in [1.29, 1.82) is 0 Å². The fourth-order valence-corrected chi connectivity index (χ4v) is 3.06. The normalized spacial score (nSPS) is 20.9. The number of ether oxygens (including phenoxy) is 1. The lowest BCUT2D eigenvalue weighted by atomic mass is 9.92. The molecular formula is C14H21BrClN3O3. The van der Waals surface area contributed by atoms with E-state index in [9.17, 15) is 9.59 Å². The Morgan fingerprint density at radius 1 is 1.41 bits per heavy atom. The number of rotatable bonds is 3. The summed E-state index contributed by atoms with van der Waals surface area (Å²) in [5, 5.41) is 1.31. The number of aromatic nitrogens is 1. The number of pyridine rings is 1. The van der Waals surface area contributed by atoms with E-state index in [-0.39, 0.29) is 36.0 Å². The van der Waals surface area contributed by atoms with Crippen LogP contribution in [0.5, 0.6) is 5.75 Å². The molecule has 1 aliphatic rings. The Morgan fingerprint density at radius 3 is 2.55 bits per heavy atom. The number of nitrogens with two attached hydrogens (primary N) is 1. The smallest absolute Gasteiger partial charge is 0.254 e. The molecule has 124 valence electrons. The minimum absolute atomic E-state index is 0. The average molecular weight is 395 g/mol. The third-order valence-corrected chi connectivity index (χ3v) is 4.43. The van der Waals surface area contributed by atoms with E-state index < -0.39 is 0 Å². The summed E-state index contributed by atoms with van der Waals surface area (Å²) in [6.07, 6.45) is 4.98. The molecule has 22 heavy (non-hydrogen) atoms. The third-order valence-electron chi connectivity index (χ3n) is 3.84. The molecule has 0 saturated heterocycles. The van der Waals surface area contributed by atoms with E-state index in [0.717, 1.165) is 30.2 Å². The zero-order valence-corrected chi connectivity index (χ0v) is 15.0. The van der Waals surface area contributed by atoms with E-state index in [1.807, 2.05) is 0 Å². The van der Waals surface area contributed by atoms with Gasteiger partial charge in [-0.15, -0.1) is 12.4 Å². The van der Waals surface area contributed by atoms with E-state index >= 15 is 0 Å². The van der Waals surface area contributed by atoms with E-state index in [4.69, 9.17) is 10.6 Å². The van der Waals surface area contributed by atoms with Crippen molar-refractivity contribution in [2.24, 2.45) is 12.9 Å². The number of amides is 1. The summed E-state index contributed by atoms with van der Waals surface area (Å²) in [7, 11) is 1.69. The molecule has 0 spiro atoms. The van der Waals surface area contributed by atoms with E-state index in [1.165, 1.54) is 22.6 Å². The fourth-order valence-electron chi connectivity index (χ4n) is 2.55. The van der Waals surface area contributed by atoms with Crippen LogP contribution in [0.2, 0.25) is 0 Å². The van der Waals surface area contributed by atoms with Crippen molar-refractivity contribution < 1.29 is 9.53 Å². The van der Waals surface area contributed by atoms with Gasteiger partial charge < -0.3 is 9.30 Å². The van der Waals surface area contributed by atoms with Crippen molar-refractivity contribution in [3.8, 4) is 5.75 Å². The molecule has 1 fully saturated rings. The fraction of sp³-hybridized carbons (Fsp3) is 0.571. The number of hydrazine groups is 1. The van der Waals surface area contributed by atoms with Gasteiger partial charge in [-0.25, -0.2) is 5.84 Å². The first kappa shape index (κ1) is 19.0. The number of halogens is 2. The maximum absolute atomic E-state index is 11.7. The van der Waals surface area contributed by atoms with Crippen LogP contribution in [-0.2, 0) is 11.8 Å². The topological polar surface area (TPSA) is 77.6 Å². The highest BCUT2D eigenvalue weighted by atomic mass is 79.9. The number of nitrogens with zero attached hydrogens (tertiary/aromatic N) is 2. The van der Waals surface area contributed by atoms with Crippen LogP contribution in [0, 0.1) is 0 Å². The molecule has 1 aromatic heterocycles. The summed E-state index contributed by atoms with van der Waals surface area (Å²) in [6, 6.07) is 1.57. The highest BCUT2D eigenvalue weighted by Gasteiger charge is 2.27. The minimum atomic E-state index is -0.117. The van der Waals surface area contributed by atoms with Gasteiger partial charge >= 0.3 is 0 Å². The maximum atomic E-state index is 11.7. The zero-order valence-electron chi connectivity index (χ0n) is 12.6. The molecule has 0 aliphatic heterocycles. The SMILES string of the molecule is CC(=O)N(N)C1CCC(Oc2cc(=O)n(C)cc2Br)CC1.Cl. The lowest BCUT2D eigenvalue weighted by Gasteiger charge is -2.33. The van der Waals surface area contributed by atoms with Crippen LogP contribution in [0.25, 0.3) is 0 Å². The first-order valence-electron chi connectivity index (χ1n) is 6.96. The Kier molecular flexibility index (Phi) is 6.90. The summed E-state index contributed by atoms with van der Waals surface area (Å²) in [5.74, 6) is 6.19. The molecule has 0 radical (unpaired) electrons. The minimum Gasteiger partial charge on any atom is -0.489 e. The van der Waals surface area contributed by atoms with Crippen molar-refractivity contribution in [1.82, 2.24) is 9.58 Å². The molecule has 0 unspecified atom stereocenters. The largest absolute Gasteiger partial charge is 0.489 e. The van der Waals surface area contributed by atoms with E-state index in [0.29, 0.717) is 5.75 Å². The van der Waals surface area contributed by atoms with E-state index in [2.05, 4.69) is 15.9 Å². The van der Waals surface area contributed by atoms with Crippen molar-refractivity contribution in [3.05, 3.63) is 27.1 Å². The number of carbonyl (C=O) groups excluding carboxylic acids is 1. The van der Waals surface area contributed by atoms with Crippen LogP contribution in [0.3, 0.4) is 0 Å². The Morgan fingerprint density at radius 2 is 2.00 bits per heavy atom. The highest BCUT2D eigenvalue weighted by Crippen LogP contribution is 2.29. The first-order chi connectivity index (χ1) is 9.88. The van der Waals surface area contributed by atoms with Gasteiger partial charge in [0.25, 0.3) is 5.56 Å². The van der Waals surface area contributed by atoms with Gasteiger partial charge in [-0.05, 0) is 41.6 Å². The van der Waals surface area contributed by atoms with Crippen LogP contribution in [0.1, 0.15) is 32.6 Å². The van der Waals surface area contributed by atoms with Crippen LogP contribution < -0.4 is 16.1 Å². The third kappa shape index (κ3) is 4.47. The quantitative estimate of drug-likeness (QED) is 0.483. The van der Waals surface area contributed by atoms with Gasteiger partial charge in [0.15, 0.2) is 0 Å². The Bertz CT molecular complexity index is 585. The van der Waals surface area contributed by atoms with Crippen LogP contribution in [-0.4, -0.2) is 27.6 Å². The molecule has 8 heteroatoms. The summed E-state index contributed by atoms with van der Waals surface area (Å²) in [4.78, 5) is 22.9. The van der Waals surface area contributed by atoms with Gasteiger partial charge in [0.2, 0.25) is 5.91 Å². The molecule has 1 heterocycles. The second-order valence-electron chi connectivity index (χ2n) is 5.41. The molecule has 0 aromatic carbocycles. The van der Waals surface area contributed by atoms with Crippen molar-refractivity contribution in [2.75, 3.05) is 0 Å². The molecule has 6 nitrogen and oxygen atoms in total. The molecule has 0 bridgehead atoms. The van der Waals surface area contributed by atoms with Crippen molar-refractivity contribution in [3.63, 3.8) is 0 Å². The number of carbonyl (C=O) groups is 1. The summed E-state index contributed by atoms with van der Waals surface area (Å²) in [5.41, 5.74) is -0.105. The highest BCUT2D eigenvalue weighted by molar-refractivity contribution is 9.10. The molecule has 1 aliphatic carbocycles. The zero-order chi connectivity index (χ0) is 15.6. The molecule has 1 saturated carbocycles. The van der Waals surface area contributed by atoms with Gasteiger partial charge in [-0.3, -0.25) is 14.6 Å². The Hall–Kier alpha value is -1.05. The predicted molar refractivity (Wildman–Crippen MR) is 90.0 cm³/mol. The predicted octanol–water partition coefficient (Wildman–Crippen LogP) is 1.98. The summed E-state index contributed by atoms with van der Waals surface area (Å²) in [6.45, 7) is 1.47. The standard InChI is InChI=1S/C14H20BrN3O3.ClH/c1-9(19)18(16)10-3-5-11(6-4-10)21-13-7-14(20)17(2)8-12(13)15;/h7-8,10-11H,3-6,16H2,1-2H3;1H. The van der Waals surface area contributed by atoms with Gasteiger partial charge in [0.05, 0.1) is 10.6 Å². The number of hydrogen-bond acceptors (Lipinski definition) is 4. The number of hydrogen-bond donors (Lipinski definition) is 1. The summed E-state index contributed by atoms with van der Waals surface area (Å²) < 4.78 is 8.16. The summed E-state index contributed by atoms with van der Waals surface area (Å²) >= 11 is 3.40. The monoisotopic (exact) mass is 393 g/mol. The van der Waals surface area contributed by atoms with Crippen LogP contribution in [0.15, 0.2) is 21.5 Å². The second-order valence-corrected chi connectivity index (χ2v) is 6.26. The Labute approximate surface area is 144 Å². The maximum Gasteiger partial charge on any atom is 0.254 e. The van der Waals surface area contributed by atoms with Crippen molar-refractivity contribution in [2.45, 2.75) is 44.8 Å². The molecule has 0 atom stereocenters. The molecule has 1 amide bonds. The Balaban J connectivity index is 0.00000242.